The molecule has 0 rings (SSSR count). The predicted octanol–water partition coefficient (Wildman–Crippen LogP) is 3.65. The fraction of sp³-hybridized carbons (Fsp3) is 0.333. The van der Waals surface area contributed by atoms with Crippen LogP contribution in [0, 0.1) is 0 Å². The predicted molar refractivity (Wildman–Crippen MR) is 48.2 cm³/mol. The maximum Gasteiger partial charge on any atom is 0.0395 e. The van der Waals surface area contributed by atoms with E-state index in [1.54, 1.807) is 6.08 Å². The van der Waals surface area contributed by atoms with Gasteiger partial charge in [-0.15, -0.1) is 0 Å². The lowest BCUT2D eigenvalue weighted by Crippen LogP contribution is -1.72. The molecule has 0 radical (unpaired) electrons. The minimum absolute atomic E-state index is 0.803. The second-order valence-electron chi connectivity index (χ2n) is 2.44. The van der Waals surface area contributed by atoms with Gasteiger partial charge in [-0.05, 0) is 26.8 Å². The third kappa shape index (κ3) is 3.52. The topological polar surface area (TPSA) is 0 Å². The molecule has 0 fully saturated rings. The molecule has 0 bridgehead atoms. The van der Waals surface area contributed by atoms with Gasteiger partial charge in [-0.3, -0.25) is 0 Å². The Kier molecular flexibility index (Phi) is 4.13. The first-order chi connectivity index (χ1) is 4.57. The molecule has 0 aliphatic rings. The van der Waals surface area contributed by atoms with Crippen LogP contribution >= 0.6 is 11.6 Å². The molecule has 1 heteroatoms. The molecule has 0 aliphatic heterocycles. The lowest BCUT2D eigenvalue weighted by molar-refractivity contribution is 1.36. The molecule has 0 heterocycles. The molecule has 0 nitrogen and oxygen atoms in total. The first kappa shape index (κ1) is 9.51. The molecule has 10 heavy (non-hydrogen) atoms. The van der Waals surface area contributed by atoms with Crippen LogP contribution in [-0.4, -0.2) is 0 Å². The van der Waals surface area contributed by atoms with Gasteiger partial charge in [0, 0.05) is 5.03 Å². The van der Waals surface area contributed by atoms with E-state index in [0.29, 0.717) is 0 Å². The van der Waals surface area contributed by atoms with E-state index >= 15 is 0 Å². The number of rotatable bonds is 2. The van der Waals surface area contributed by atoms with Crippen molar-refractivity contribution in [2.45, 2.75) is 20.8 Å². The van der Waals surface area contributed by atoms with Crippen molar-refractivity contribution in [1.29, 1.82) is 0 Å². The van der Waals surface area contributed by atoms with Crippen LogP contribution in [0.5, 0.6) is 0 Å². The van der Waals surface area contributed by atoms with Crippen molar-refractivity contribution in [3.05, 3.63) is 34.9 Å². The Hall–Kier alpha value is -0.490. The first-order valence-corrected chi connectivity index (χ1v) is 3.59. The van der Waals surface area contributed by atoms with E-state index in [4.69, 9.17) is 11.6 Å². The Balaban J connectivity index is 4.42. The van der Waals surface area contributed by atoms with Crippen LogP contribution in [0.2, 0.25) is 0 Å². The zero-order valence-electron chi connectivity index (χ0n) is 6.74. The standard InChI is InChI=1S/C9H13Cl/c1-5-8(4)6-9(10)7(2)3/h5-6H,1H2,2-4H3/b8-6-. The fourth-order valence-corrected chi connectivity index (χ4v) is 0.575. The molecule has 0 atom stereocenters. The quantitative estimate of drug-likeness (QED) is 0.536. The van der Waals surface area contributed by atoms with Crippen LogP contribution in [-0.2, 0) is 0 Å². The summed E-state index contributed by atoms with van der Waals surface area (Å²) < 4.78 is 0. The van der Waals surface area contributed by atoms with Gasteiger partial charge >= 0.3 is 0 Å². The highest BCUT2D eigenvalue weighted by atomic mass is 35.5. The van der Waals surface area contributed by atoms with Gasteiger partial charge in [-0.25, -0.2) is 0 Å². The maximum absolute atomic E-state index is 5.84. The van der Waals surface area contributed by atoms with Crippen molar-refractivity contribution in [2.75, 3.05) is 0 Å². The normalized spacial score (nSPS) is 11.0. The highest BCUT2D eigenvalue weighted by Gasteiger charge is 1.88. The highest BCUT2D eigenvalue weighted by molar-refractivity contribution is 6.31. The van der Waals surface area contributed by atoms with Crippen molar-refractivity contribution < 1.29 is 0 Å². The molecule has 0 aromatic heterocycles. The van der Waals surface area contributed by atoms with E-state index < -0.39 is 0 Å². The van der Waals surface area contributed by atoms with Gasteiger partial charge in [0.15, 0.2) is 0 Å². The zero-order valence-corrected chi connectivity index (χ0v) is 7.50. The van der Waals surface area contributed by atoms with Gasteiger partial charge in [0.25, 0.3) is 0 Å². The van der Waals surface area contributed by atoms with Crippen LogP contribution in [0.4, 0.5) is 0 Å². The smallest absolute Gasteiger partial charge is 0.0395 e. The minimum Gasteiger partial charge on any atom is -0.0988 e. The van der Waals surface area contributed by atoms with E-state index in [1.807, 2.05) is 26.8 Å². The Morgan fingerprint density at radius 2 is 1.80 bits per heavy atom. The molecule has 0 spiro atoms. The summed E-state index contributed by atoms with van der Waals surface area (Å²) in [5.41, 5.74) is 2.22. The van der Waals surface area contributed by atoms with E-state index in [2.05, 4.69) is 6.58 Å². The number of halogens is 1. The van der Waals surface area contributed by atoms with Crippen molar-refractivity contribution in [1.82, 2.24) is 0 Å². The van der Waals surface area contributed by atoms with Gasteiger partial charge in [0.2, 0.25) is 0 Å². The van der Waals surface area contributed by atoms with Crippen molar-refractivity contribution >= 4 is 11.6 Å². The molecular formula is C9H13Cl. The Morgan fingerprint density at radius 1 is 1.30 bits per heavy atom. The molecule has 0 aromatic rings. The molecule has 0 aromatic carbocycles. The van der Waals surface area contributed by atoms with Crippen LogP contribution in [0.3, 0.4) is 0 Å². The summed E-state index contributed by atoms with van der Waals surface area (Å²) in [6.45, 7) is 9.56. The van der Waals surface area contributed by atoms with Crippen LogP contribution in [0.25, 0.3) is 0 Å². The lowest BCUT2D eigenvalue weighted by Gasteiger charge is -1.93. The summed E-state index contributed by atoms with van der Waals surface area (Å²) in [6, 6.07) is 0. The summed E-state index contributed by atoms with van der Waals surface area (Å²) in [5, 5.41) is 0.803. The highest BCUT2D eigenvalue weighted by Crippen LogP contribution is 2.12. The molecule has 56 valence electrons. The average Bonchev–Trinajstić information content (AvgIpc) is 1.87. The average molecular weight is 157 g/mol. The van der Waals surface area contributed by atoms with Gasteiger partial charge in [0.1, 0.15) is 0 Å². The second-order valence-corrected chi connectivity index (χ2v) is 2.85. The molecule has 0 N–H and O–H groups in total. The van der Waals surface area contributed by atoms with E-state index in [-0.39, 0.29) is 0 Å². The van der Waals surface area contributed by atoms with Crippen LogP contribution in [0.15, 0.2) is 34.9 Å². The van der Waals surface area contributed by atoms with Crippen molar-refractivity contribution in [2.24, 2.45) is 0 Å². The maximum atomic E-state index is 5.84. The summed E-state index contributed by atoms with van der Waals surface area (Å²) >= 11 is 5.84. The largest absolute Gasteiger partial charge is 0.0988 e. The van der Waals surface area contributed by atoms with Gasteiger partial charge in [0.05, 0.1) is 0 Å². The summed E-state index contributed by atoms with van der Waals surface area (Å²) in [7, 11) is 0. The van der Waals surface area contributed by atoms with Gasteiger partial charge < -0.3 is 0 Å². The van der Waals surface area contributed by atoms with E-state index in [9.17, 15) is 0 Å². The third-order valence-electron chi connectivity index (χ3n) is 1.15. The third-order valence-corrected chi connectivity index (χ3v) is 1.64. The van der Waals surface area contributed by atoms with Crippen molar-refractivity contribution in [3.63, 3.8) is 0 Å². The van der Waals surface area contributed by atoms with Gasteiger partial charge in [-0.1, -0.05) is 35.4 Å². The number of hydrogen-bond acceptors (Lipinski definition) is 0. The summed E-state index contributed by atoms with van der Waals surface area (Å²) in [4.78, 5) is 0. The molecule has 0 unspecified atom stereocenters. The van der Waals surface area contributed by atoms with Crippen LogP contribution in [0.1, 0.15) is 20.8 Å². The minimum atomic E-state index is 0.803. The number of hydrogen-bond donors (Lipinski definition) is 0. The molecule has 0 saturated heterocycles. The monoisotopic (exact) mass is 156 g/mol. The first-order valence-electron chi connectivity index (χ1n) is 3.21. The van der Waals surface area contributed by atoms with Crippen LogP contribution < -0.4 is 0 Å². The van der Waals surface area contributed by atoms with E-state index in [1.165, 1.54) is 0 Å². The Morgan fingerprint density at radius 3 is 2.10 bits per heavy atom. The van der Waals surface area contributed by atoms with E-state index in [0.717, 1.165) is 16.2 Å². The fourth-order valence-electron chi connectivity index (χ4n) is 0.403. The zero-order chi connectivity index (χ0) is 8.15. The van der Waals surface area contributed by atoms with Gasteiger partial charge in [-0.2, -0.15) is 0 Å². The SMILES string of the molecule is C=C/C(C)=C\C(Cl)=C(C)C. The molecular weight excluding hydrogens is 144 g/mol. The molecule has 0 saturated carbocycles. The summed E-state index contributed by atoms with van der Waals surface area (Å²) in [5.74, 6) is 0. The Labute approximate surface area is 67.9 Å². The molecule has 0 aliphatic carbocycles. The second kappa shape index (κ2) is 4.35. The van der Waals surface area contributed by atoms with Crippen molar-refractivity contribution in [3.8, 4) is 0 Å². The lowest BCUT2D eigenvalue weighted by atomic mass is 10.2. The number of allylic oxidation sites excluding steroid dienone is 5. The Bertz CT molecular complexity index is 181. The summed E-state index contributed by atoms with van der Waals surface area (Å²) in [6.07, 6.45) is 3.69. The molecule has 0 amide bonds.